The Morgan fingerprint density at radius 1 is 1.00 bits per heavy atom. The summed E-state index contributed by atoms with van der Waals surface area (Å²) in [7, 11) is 0. The molecule has 4 N–H and O–H groups in total. The molecule has 0 spiro atoms. The lowest BCUT2D eigenvalue weighted by Gasteiger charge is -2.32. The highest BCUT2D eigenvalue weighted by Gasteiger charge is 2.25. The third kappa shape index (κ3) is 2.73. The zero-order valence-corrected chi connectivity index (χ0v) is 14.1. The molecule has 0 aliphatic heterocycles. The first-order valence-corrected chi connectivity index (χ1v) is 8.22. The van der Waals surface area contributed by atoms with Crippen molar-refractivity contribution in [1.29, 1.82) is 0 Å². The van der Waals surface area contributed by atoms with Crippen molar-refractivity contribution in [3.8, 4) is 0 Å². The Kier molecular flexibility index (Phi) is 4.14. The summed E-state index contributed by atoms with van der Waals surface area (Å²) in [6.07, 6.45) is 0.980. The largest absolute Gasteiger partial charge is 0.396 e. The molecule has 0 fully saturated rings. The van der Waals surface area contributed by atoms with Gasteiger partial charge >= 0.3 is 0 Å². The fraction of sp³-hybridized carbons (Fsp3) is 0.300. The Hall–Kier alpha value is -2.26. The van der Waals surface area contributed by atoms with Gasteiger partial charge in [0.1, 0.15) is 0 Å². The van der Waals surface area contributed by atoms with Crippen LogP contribution >= 0.6 is 0 Å². The average molecular weight is 307 g/mol. The van der Waals surface area contributed by atoms with Gasteiger partial charge in [-0.25, -0.2) is 5.84 Å². The second-order valence-electron chi connectivity index (χ2n) is 6.61. The fourth-order valence-corrected chi connectivity index (χ4v) is 3.35. The lowest BCUT2D eigenvalue weighted by Crippen LogP contribution is -2.37. The van der Waals surface area contributed by atoms with Crippen LogP contribution in [0.25, 0.3) is 11.4 Å². The Labute approximate surface area is 138 Å². The molecule has 0 saturated carbocycles. The molecule has 1 aliphatic rings. The van der Waals surface area contributed by atoms with E-state index in [1.54, 1.807) is 5.01 Å². The Morgan fingerprint density at radius 2 is 1.61 bits per heavy atom. The van der Waals surface area contributed by atoms with E-state index in [0.29, 0.717) is 5.92 Å². The van der Waals surface area contributed by atoms with Gasteiger partial charge in [-0.15, -0.1) is 0 Å². The van der Waals surface area contributed by atoms with Crippen molar-refractivity contribution in [3.63, 3.8) is 0 Å². The van der Waals surface area contributed by atoms with Crippen molar-refractivity contribution in [3.05, 3.63) is 70.8 Å². The lowest BCUT2D eigenvalue weighted by atomic mass is 9.83. The van der Waals surface area contributed by atoms with Crippen LogP contribution in [-0.4, -0.2) is 11.1 Å². The van der Waals surface area contributed by atoms with E-state index in [-0.39, 0.29) is 6.04 Å². The quantitative estimate of drug-likeness (QED) is 0.657. The number of hydrazine groups is 1. The van der Waals surface area contributed by atoms with E-state index in [2.05, 4.69) is 63.2 Å². The summed E-state index contributed by atoms with van der Waals surface area (Å²) >= 11 is 0. The molecule has 2 aromatic rings. The Balaban J connectivity index is 2.34. The first-order chi connectivity index (χ1) is 11.0. The number of fused-ring (bicyclic) bond motifs is 2. The highest BCUT2D eigenvalue weighted by Crippen LogP contribution is 2.37. The summed E-state index contributed by atoms with van der Waals surface area (Å²) in [6, 6.07) is 17.0. The van der Waals surface area contributed by atoms with Crippen LogP contribution in [0.15, 0.2) is 48.5 Å². The van der Waals surface area contributed by atoms with Crippen LogP contribution in [-0.2, 0) is 6.42 Å². The van der Waals surface area contributed by atoms with E-state index in [9.17, 15) is 0 Å². The fourth-order valence-electron chi connectivity index (χ4n) is 3.35. The molecule has 120 valence electrons. The highest BCUT2D eigenvalue weighted by atomic mass is 15.4. The minimum atomic E-state index is 0.165. The van der Waals surface area contributed by atoms with Crippen molar-refractivity contribution in [2.45, 2.75) is 39.2 Å². The zero-order chi connectivity index (χ0) is 16.6. The van der Waals surface area contributed by atoms with E-state index in [4.69, 9.17) is 11.6 Å². The summed E-state index contributed by atoms with van der Waals surface area (Å²) in [5.41, 5.74) is 13.1. The average Bonchev–Trinajstić information content (AvgIpc) is 2.54. The number of hydrogen-bond donors (Lipinski definition) is 2. The molecule has 0 amide bonds. The molecule has 1 unspecified atom stereocenters. The van der Waals surface area contributed by atoms with Gasteiger partial charge in [-0.2, -0.15) is 0 Å². The second-order valence-corrected chi connectivity index (χ2v) is 6.61. The van der Waals surface area contributed by atoms with Crippen LogP contribution in [0.3, 0.4) is 0 Å². The Morgan fingerprint density at radius 3 is 2.30 bits per heavy atom. The van der Waals surface area contributed by atoms with Gasteiger partial charge in [-0.3, -0.25) is 0 Å². The topological polar surface area (TPSA) is 55.3 Å². The molecule has 23 heavy (non-hydrogen) atoms. The highest BCUT2D eigenvalue weighted by molar-refractivity contribution is 5.90. The minimum absolute atomic E-state index is 0.165. The van der Waals surface area contributed by atoms with Crippen LogP contribution in [0.4, 0.5) is 0 Å². The summed E-state index contributed by atoms with van der Waals surface area (Å²) in [4.78, 5) is 0. The third-order valence-corrected chi connectivity index (χ3v) is 4.65. The second kappa shape index (κ2) is 6.09. The Bertz CT molecular complexity index is 746. The predicted octanol–water partition coefficient (Wildman–Crippen LogP) is 3.71. The van der Waals surface area contributed by atoms with Gasteiger partial charge in [-0.1, -0.05) is 55.5 Å². The van der Waals surface area contributed by atoms with E-state index in [1.165, 1.54) is 11.1 Å². The number of rotatable bonds is 2. The molecule has 1 aliphatic carbocycles. The molecule has 0 aromatic heterocycles. The molecule has 0 saturated heterocycles. The molecular formula is C20H25N3. The molecule has 3 nitrogen and oxygen atoms in total. The molecule has 3 rings (SSSR count). The van der Waals surface area contributed by atoms with Crippen molar-refractivity contribution in [2.24, 2.45) is 11.6 Å². The maximum Gasteiger partial charge on any atom is 0.0831 e. The summed E-state index contributed by atoms with van der Waals surface area (Å²) in [5, 5.41) is 1.79. The number of nitrogens with two attached hydrogens (primary N) is 2. The summed E-state index contributed by atoms with van der Waals surface area (Å²) in [6.45, 7) is 6.43. The summed E-state index contributed by atoms with van der Waals surface area (Å²) < 4.78 is 0. The number of nitrogens with zero attached hydrogens (tertiary/aromatic N) is 1. The number of hydrogen-bond acceptors (Lipinski definition) is 3. The molecule has 0 radical (unpaired) electrons. The molecular weight excluding hydrogens is 282 g/mol. The van der Waals surface area contributed by atoms with Gasteiger partial charge < -0.3 is 10.7 Å². The monoisotopic (exact) mass is 307 g/mol. The third-order valence-electron chi connectivity index (χ3n) is 4.65. The van der Waals surface area contributed by atoms with Crippen LogP contribution in [0.2, 0.25) is 0 Å². The maximum absolute atomic E-state index is 6.62. The van der Waals surface area contributed by atoms with E-state index in [0.717, 1.165) is 28.9 Å². The molecule has 1 atom stereocenters. The van der Waals surface area contributed by atoms with Crippen molar-refractivity contribution in [2.75, 3.05) is 0 Å². The van der Waals surface area contributed by atoms with Crippen LogP contribution in [0.1, 0.15) is 48.9 Å². The van der Waals surface area contributed by atoms with Crippen LogP contribution < -0.4 is 11.6 Å². The summed E-state index contributed by atoms with van der Waals surface area (Å²) in [5.74, 6) is 6.83. The maximum atomic E-state index is 6.62. The van der Waals surface area contributed by atoms with Gasteiger partial charge in [0, 0.05) is 17.2 Å². The van der Waals surface area contributed by atoms with Gasteiger partial charge in [0.15, 0.2) is 0 Å². The number of benzene rings is 2. The van der Waals surface area contributed by atoms with Gasteiger partial charge in [0.2, 0.25) is 0 Å². The van der Waals surface area contributed by atoms with Gasteiger partial charge in [0.05, 0.1) is 11.4 Å². The lowest BCUT2D eigenvalue weighted by molar-refractivity contribution is 0.343. The van der Waals surface area contributed by atoms with Gasteiger partial charge in [0.25, 0.3) is 0 Å². The van der Waals surface area contributed by atoms with E-state index < -0.39 is 0 Å². The van der Waals surface area contributed by atoms with Crippen molar-refractivity contribution in [1.82, 2.24) is 5.01 Å². The van der Waals surface area contributed by atoms with Crippen molar-refractivity contribution < 1.29 is 0 Å². The first-order valence-electron chi connectivity index (χ1n) is 8.22. The van der Waals surface area contributed by atoms with Gasteiger partial charge in [-0.05, 0) is 37.3 Å². The predicted molar refractivity (Wildman–Crippen MR) is 97.2 cm³/mol. The first kappa shape index (κ1) is 15.6. The van der Waals surface area contributed by atoms with Crippen LogP contribution in [0.5, 0.6) is 0 Å². The van der Waals surface area contributed by atoms with Crippen LogP contribution in [0, 0.1) is 0 Å². The zero-order valence-electron chi connectivity index (χ0n) is 14.1. The molecule has 3 heteroatoms. The smallest absolute Gasteiger partial charge is 0.0831 e. The SMILES string of the molecule is CC1Cc2ccccc2/C(N)=C(/N(N)C(C)C)c2ccccc21. The van der Waals surface area contributed by atoms with E-state index in [1.807, 2.05) is 6.07 Å². The van der Waals surface area contributed by atoms with Crippen molar-refractivity contribution >= 4 is 11.4 Å². The standard InChI is InChI=1S/C20H25N3/c1-13(2)23(22)20-18-11-7-6-9-16(18)14(3)12-15-8-4-5-10-17(15)19(20)21/h4-11,13-14H,12,21-22H2,1-3H3/b20-19-. The molecule has 0 heterocycles. The van der Waals surface area contributed by atoms with E-state index >= 15 is 0 Å². The normalized spacial score (nSPS) is 20.5. The minimum Gasteiger partial charge on any atom is -0.396 e. The molecule has 2 aromatic carbocycles. The molecule has 0 bridgehead atoms.